The molecule has 0 bridgehead atoms. The Morgan fingerprint density at radius 2 is 1.88 bits per heavy atom. The molecule has 0 fully saturated rings. The Labute approximate surface area is 148 Å². The first-order chi connectivity index (χ1) is 12.2. The molecule has 0 aliphatic heterocycles. The van der Waals surface area contributed by atoms with Crippen LogP contribution in [-0.2, 0) is 6.42 Å². The number of anilines is 1. The summed E-state index contributed by atoms with van der Waals surface area (Å²) in [6.07, 6.45) is 0.787. The number of methoxy groups -OCH3 is 2. The number of aliphatic imine (C=N–C) groups is 1. The van der Waals surface area contributed by atoms with Gasteiger partial charge in [0.2, 0.25) is 0 Å². The molecule has 134 valence electrons. The van der Waals surface area contributed by atoms with Crippen LogP contribution in [0.4, 0.5) is 5.69 Å². The molecular weight excluding hydrogens is 318 g/mol. The van der Waals surface area contributed by atoms with E-state index in [1.165, 1.54) is 0 Å². The third kappa shape index (κ3) is 5.60. The Bertz CT molecular complexity index is 717. The van der Waals surface area contributed by atoms with Gasteiger partial charge in [0.1, 0.15) is 5.75 Å². The van der Waals surface area contributed by atoms with Gasteiger partial charge in [-0.15, -0.1) is 0 Å². The van der Waals surface area contributed by atoms with Crippen LogP contribution in [0.3, 0.4) is 0 Å². The van der Waals surface area contributed by atoms with E-state index in [-0.39, 0.29) is 0 Å². The van der Waals surface area contributed by atoms with Crippen molar-refractivity contribution in [3.05, 3.63) is 48.0 Å². The first kappa shape index (κ1) is 18.4. The van der Waals surface area contributed by atoms with E-state index >= 15 is 0 Å². The van der Waals surface area contributed by atoms with Crippen LogP contribution in [0.2, 0.25) is 0 Å². The molecule has 2 rings (SSSR count). The third-order valence-electron chi connectivity index (χ3n) is 3.55. The number of ether oxygens (including phenoxy) is 3. The monoisotopic (exact) mass is 343 g/mol. The maximum atomic E-state index is 5.95. The molecule has 0 aliphatic rings. The summed E-state index contributed by atoms with van der Waals surface area (Å²) in [4.78, 5) is 4.36. The van der Waals surface area contributed by atoms with E-state index in [0.29, 0.717) is 30.6 Å². The van der Waals surface area contributed by atoms with E-state index in [1.807, 2.05) is 43.3 Å². The SMILES string of the molecule is CCOc1cccc(CCN=C(N)Nc2ccc(OC)c(OC)c2)c1. The average molecular weight is 343 g/mol. The summed E-state index contributed by atoms with van der Waals surface area (Å²) >= 11 is 0. The fourth-order valence-electron chi connectivity index (χ4n) is 2.36. The summed E-state index contributed by atoms with van der Waals surface area (Å²) < 4.78 is 16.0. The number of nitrogens with two attached hydrogens (primary N) is 1. The molecule has 0 amide bonds. The molecule has 6 nitrogen and oxygen atoms in total. The van der Waals surface area contributed by atoms with Crippen LogP contribution in [0.25, 0.3) is 0 Å². The van der Waals surface area contributed by atoms with E-state index < -0.39 is 0 Å². The van der Waals surface area contributed by atoms with Gasteiger partial charge in [-0.2, -0.15) is 0 Å². The molecular formula is C19H25N3O3. The molecule has 0 unspecified atom stereocenters. The first-order valence-corrected chi connectivity index (χ1v) is 8.17. The number of hydrogen-bond acceptors (Lipinski definition) is 4. The highest BCUT2D eigenvalue weighted by atomic mass is 16.5. The van der Waals surface area contributed by atoms with Crippen molar-refractivity contribution in [2.45, 2.75) is 13.3 Å². The van der Waals surface area contributed by atoms with Crippen molar-refractivity contribution < 1.29 is 14.2 Å². The van der Waals surface area contributed by atoms with Gasteiger partial charge >= 0.3 is 0 Å². The van der Waals surface area contributed by atoms with Gasteiger partial charge < -0.3 is 25.3 Å². The van der Waals surface area contributed by atoms with Gasteiger partial charge in [-0.3, -0.25) is 4.99 Å². The Hall–Kier alpha value is -2.89. The summed E-state index contributed by atoms with van der Waals surface area (Å²) in [5, 5.41) is 3.05. The largest absolute Gasteiger partial charge is 0.494 e. The van der Waals surface area contributed by atoms with Gasteiger partial charge in [-0.1, -0.05) is 12.1 Å². The highest BCUT2D eigenvalue weighted by molar-refractivity contribution is 5.92. The van der Waals surface area contributed by atoms with Gasteiger partial charge in [0, 0.05) is 18.3 Å². The van der Waals surface area contributed by atoms with Crippen molar-refractivity contribution in [2.24, 2.45) is 10.7 Å². The van der Waals surface area contributed by atoms with Crippen molar-refractivity contribution in [2.75, 3.05) is 32.7 Å². The number of nitrogens with zero attached hydrogens (tertiary/aromatic N) is 1. The van der Waals surface area contributed by atoms with E-state index in [1.54, 1.807) is 14.2 Å². The van der Waals surface area contributed by atoms with Crippen LogP contribution in [0.5, 0.6) is 17.2 Å². The standard InChI is InChI=1S/C19H25N3O3/c1-4-25-16-7-5-6-14(12-16)10-11-21-19(20)22-15-8-9-17(23-2)18(13-15)24-3/h5-9,12-13H,4,10-11H2,1-3H3,(H3,20,21,22). The highest BCUT2D eigenvalue weighted by Gasteiger charge is 2.05. The Balaban J connectivity index is 1.92. The fraction of sp³-hybridized carbons (Fsp3) is 0.316. The molecule has 2 aromatic carbocycles. The van der Waals surface area contributed by atoms with Gasteiger partial charge in [-0.25, -0.2) is 0 Å². The van der Waals surface area contributed by atoms with Crippen LogP contribution < -0.4 is 25.3 Å². The van der Waals surface area contributed by atoms with Gasteiger partial charge in [0.25, 0.3) is 0 Å². The highest BCUT2D eigenvalue weighted by Crippen LogP contribution is 2.29. The Morgan fingerprint density at radius 3 is 2.60 bits per heavy atom. The summed E-state index contributed by atoms with van der Waals surface area (Å²) in [7, 11) is 3.19. The Kier molecular flexibility index (Phi) is 6.95. The molecule has 0 radical (unpaired) electrons. The zero-order chi connectivity index (χ0) is 18.1. The molecule has 2 aromatic rings. The van der Waals surface area contributed by atoms with Crippen molar-refractivity contribution >= 4 is 11.6 Å². The molecule has 0 aromatic heterocycles. The van der Waals surface area contributed by atoms with Crippen LogP contribution >= 0.6 is 0 Å². The van der Waals surface area contributed by atoms with E-state index in [2.05, 4.69) is 16.4 Å². The molecule has 0 saturated heterocycles. The minimum atomic E-state index is 0.355. The number of nitrogens with one attached hydrogen (secondary N) is 1. The maximum absolute atomic E-state index is 5.95. The number of rotatable bonds is 8. The van der Waals surface area contributed by atoms with Crippen LogP contribution in [0.15, 0.2) is 47.5 Å². The number of hydrogen-bond donors (Lipinski definition) is 2. The van der Waals surface area contributed by atoms with E-state index in [0.717, 1.165) is 23.4 Å². The fourth-order valence-corrected chi connectivity index (χ4v) is 2.36. The average Bonchev–Trinajstić information content (AvgIpc) is 2.62. The van der Waals surface area contributed by atoms with Crippen LogP contribution in [0.1, 0.15) is 12.5 Å². The molecule has 3 N–H and O–H groups in total. The molecule has 6 heteroatoms. The number of guanidine groups is 1. The van der Waals surface area contributed by atoms with Crippen LogP contribution in [-0.4, -0.2) is 33.3 Å². The normalized spacial score (nSPS) is 11.1. The molecule has 0 heterocycles. The lowest BCUT2D eigenvalue weighted by molar-refractivity contribution is 0.340. The quantitative estimate of drug-likeness (QED) is 0.569. The predicted octanol–water partition coefficient (Wildman–Crippen LogP) is 3.07. The second kappa shape index (κ2) is 9.42. The second-order valence-corrected chi connectivity index (χ2v) is 5.29. The summed E-state index contributed by atoms with van der Waals surface area (Å²) in [5.74, 6) is 2.53. The van der Waals surface area contributed by atoms with Crippen molar-refractivity contribution in [1.29, 1.82) is 0 Å². The van der Waals surface area contributed by atoms with Gasteiger partial charge in [-0.05, 0) is 43.2 Å². The molecule has 0 atom stereocenters. The number of benzene rings is 2. The zero-order valence-electron chi connectivity index (χ0n) is 14.9. The van der Waals surface area contributed by atoms with Crippen molar-refractivity contribution in [3.8, 4) is 17.2 Å². The zero-order valence-corrected chi connectivity index (χ0v) is 14.9. The van der Waals surface area contributed by atoms with Crippen LogP contribution in [0, 0.1) is 0 Å². The van der Waals surface area contributed by atoms with E-state index in [9.17, 15) is 0 Å². The second-order valence-electron chi connectivity index (χ2n) is 5.29. The maximum Gasteiger partial charge on any atom is 0.193 e. The van der Waals surface area contributed by atoms with Gasteiger partial charge in [0.05, 0.1) is 20.8 Å². The lowest BCUT2D eigenvalue weighted by Crippen LogP contribution is -2.23. The molecule has 0 aliphatic carbocycles. The van der Waals surface area contributed by atoms with Crippen molar-refractivity contribution in [3.63, 3.8) is 0 Å². The summed E-state index contributed by atoms with van der Waals surface area (Å²) in [6.45, 7) is 3.21. The lowest BCUT2D eigenvalue weighted by Gasteiger charge is -2.11. The van der Waals surface area contributed by atoms with Crippen molar-refractivity contribution in [1.82, 2.24) is 0 Å². The smallest absolute Gasteiger partial charge is 0.193 e. The molecule has 0 spiro atoms. The minimum absolute atomic E-state index is 0.355. The summed E-state index contributed by atoms with van der Waals surface area (Å²) in [6, 6.07) is 13.5. The topological polar surface area (TPSA) is 78.1 Å². The predicted molar refractivity (Wildman–Crippen MR) is 101 cm³/mol. The lowest BCUT2D eigenvalue weighted by atomic mass is 10.1. The Morgan fingerprint density at radius 1 is 1.08 bits per heavy atom. The van der Waals surface area contributed by atoms with Gasteiger partial charge in [0.15, 0.2) is 17.5 Å². The third-order valence-corrected chi connectivity index (χ3v) is 3.55. The van der Waals surface area contributed by atoms with E-state index in [4.69, 9.17) is 19.9 Å². The summed E-state index contributed by atoms with van der Waals surface area (Å²) in [5.41, 5.74) is 7.90. The minimum Gasteiger partial charge on any atom is -0.494 e. The molecule has 25 heavy (non-hydrogen) atoms. The first-order valence-electron chi connectivity index (χ1n) is 8.17. The molecule has 0 saturated carbocycles.